The average Bonchev–Trinajstić information content (AvgIpc) is 3.29. The summed E-state index contributed by atoms with van der Waals surface area (Å²) >= 11 is 0. The minimum absolute atomic E-state index is 0.0722. The number of hydrogen-bond donors (Lipinski definition) is 0. The second kappa shape index (κ2) is 10.4. The number of aromatic nitrogens is 6. The molecule has 0 aliphatic rings. The highest BCUT2D eigenvalue weighted by Crippen LogP contribution is 2.37. The number of halogens is 1. The third kappa shape index (κ3) is 5.19. The van der Waals surface area contributed by atoms with Crippen molar-refractivity contribution < 1.29 is 22.3 Å². The predicted molar refractivity (Wildman–Crippen MR) is 135 cm³/mol. The summed E-state index contributed by atoms with van der Waals surface area (Å²) in [7, 11) is -0.892. The van der Waals surface area contributed by atoms with E-state index in [1.54, 1.807) is 42.1 Å². The van der Waals surface area contributed by atoms with Gasteiger partial charge in [-0.1, -0.05) is 6.07 Å². The number of hydrogen-bond acceptors (Lipinski definition) is 9. The van der Waals surface area contributed by atoms with Crippen LogP contribution in [0.15, 0.2) is 54.0 Å². The minimum Gasteiger partial charge on any atom is -0.494 e. The summed E-state index contributed by atoms with van der Waals surface area (Å²) in [6.07, 6.45) is 4.91. The lowest BCUT2D eigenvalue weighted by molar-refractivity contribution is 0.391. The number of para-hydroxylation sites is 1. The second-order valence-electron chi connectivity index (χ2n) is 8.22. The molecule has 10 nitrogen and oxygen atoms in total. The molecule has 0 saturated carbocycles. The molecule has 0 amide bonds. The smallest absolute Gasteiger partial charge is 0.308 e. The van der Waals surface area contributed by atoms with E-state index in [2.05, 4.69) is 25.1 Å². The average molecular weight is 525 g/mol. The van der Waals surface area contributed by atoms with Crippen molar-refractivity contribution >= 4 is 15.4 Å². The summed E-state index contributed by atoms with van der Waals surface area (Å²) in [5, 5.41) is 8.59. The Hall–Kier alpha value is -4.19. The van der Waals surface area contributed by atoms with E-state index in [1.165, 1.54) is 33.5 Å². The zero-order chi connectivity index (χ0) is 26.7. The van der Waals surface area contributed by atoms with Gasteiger partial charge in [0.1, 0.15) is 22.9 Å². The Labute approximate surface area is 213 Å². The van der Waals surface area contributed by atoms with E-state index in [0.29, 0.717) is 39.7 Å². The third-order valence-corrected chi connectivity index (χ3v) is 7.73. The maximum absolute atomic E-state index is 13.5. The monoisotopic (exact) mass is 524 g/mol. The number of benzene rings is 1. The fraction of sp³-hybridized carbons (Fsp3) is 0.240. The largest absolute Gasteiger partial charge is 0.494 e. The number of rotatable bonds is 8. The molecule has 0 unspecified atom stereocenters. The van der Waals surface area contributed by atoms with Crippen molar-refractivity contribution in [1.29, 1.82) is 0 Å². The van der Waals surface area contributed by atoms with Crippen molar-refractivity contribution in [2.75, 3.05) is 14.2 Å². The van der Waals surface area contributed by atoms with Gasteiger partial charge in [0.2, 0.25) is 0 Å². The molecule has 0 spiro atoms. The maximum Gasteiger partial charge on any atom is 0.308 e. The van der Waals surface area contributed by atoms with Crippen LogP contribution in [-0.2, 0) is 15.6 Å². The molecule has 4 rings (SSSR count). The van der Waals surface area contributed by atoms with Gasteiger partial charge < -0.3 is 9.47 Å². The van der Waals surface area contributed by atoms with Crippen molar-refractivity contribution in [3.63, 3.8) is 0 Å². The molecule has 4 aromatic rings. The quantitative estimate of drug-likeness (QED) is 0.315. The van der Waals surface area contributed by atoms with Gasteiger partial charge in [-0.15, -0.1) is 10.2 Å². The van der Waals surface area contributed by atoms with Gasteiger partial charge in [0, 0.05) is 40.8 Å². The van der Waals surface area contributed by atoms with E-state index in [0.717, 1.165) is 5.56 Å². The van der Waals surface area contributed by atoms with Crippen molar-refractivity contribution in [2.45, 2.75) is 26.5 Å². The van der Waals surface area contributed by atoms with Gasteiger partial charge in [-0.05, 0) is 50.1 Å². The first-order chi connectivity index (χ1) is 17.7. The summed E-state index contributed by atoms with van der Waals surface area (Å²) in [6, 6.07) is 7.10. The predicted octanol–water partition coefficient (Wildman–Crippen LogP) is 3.95. The molecule has 3 heterocycles. The summed E-state index contributed by atoms with van der Waals surface area (Å²) < 4.78 is 53.0. The van der Waals surface area contributed by atoms with Crippen LogP contribution in [0.2, 0.25) is 0 Å². The van der Waals surface area contributed by atoms with Crippen LogP contribution in [0.25, 0.3) is 22.6 Å². The van der Waals surface area contributed by atoms with Crippen LogP contribution < -0.4 is 9.47 Å². The van der Waals surface area contributed by atoms with Crippen molar-refractivity contribution in [1.82, 2.24) is 29.7 Å². The van der Waals surface area contributed by atoms with Gasteiger partial charge in [-0.25, -0.2) is 18.4 Å². The molecule has 0 atom stereocenters. The summed E-state index contributed by atoms with van der Waals surface area (Å²) in [5.74, 6) is 0.903. The Morgan fingerprint density at radius 2 is 1.65 bits per heavy atom. The van der Waals surface area contributed by atoms with E-state index in [4.69, 9.17) is 9.47 Å². The molecular formula is C25H25FN6O4S. The van der Waals surface area contributed by atoms with Crippen LogP contribution in [0.4, 0.5) is 4.39 Å². The molecule has 0 aliphatic heterocycles. The number of pyridine rings is 1. The fourth-order valence-electron chi connectivity index (χ4n) is 3.78. The number of ether oxygens (including phenoxy) is 2. The number of sulfone groups is 1. The standard InChI is InChI=1S/C25H25FN6O4S/c1-15-9-18(11-27-10-15)24-31-30-22(32(24)23-20(35-4)7-6-8-21(23)36-5)14-37(33,34)17(3)16(2)19-12-28-25(26)29-13-19/h6-13H,14H2,1-5H3/b17-16+. The van der Waals surface area contributed by atoms with E-state index in [-0.39, 0.29) is 10.7 Å². The topological polar surface area (TPSA) is 122 Å². The molecule has 0 N–H and O–H groups in total. The number of allylic oxidation sites excluding steroid dienone is 2. The van der Waals surface area contributed by atoms with Crippen molar-refractivity contribution in [3.05, 3.63) is 77.0 Å². The highest BCUT2D eigenvalue weighted by Gasteiger charge is 2.27. The molecule has 1 aromatic carbocycles. The zero-order valence-electron chi connectivity index (χ0n) is 20.9. The van der Waals surface area contributed by atoms with E-state index >= 15 is 0 Å². The van der Waals surface area contributed by atoms with Gasteiger partial charge in [-0.2, -0.15) is 4.39 Å². The maximum atomic E-state index is 13.5. The van der Waals surface area contributed by atoms with E-state index in [9.17, 15) is 12.8 Å². The molecule has 0 aliphatic carbocycles. The Kier molecular flexibility index (Phi) is 7.30. The second-order valence-corrected chi connectivity index (χ2v) is 10.3. The summed E-state index contributed by atoms with van der Waals surface area (Å²) in [6.45, 7) is 4.98. The van der Waals surface area contributed by atoms with Crippen LogP contribution in [0, 0.1) is 13.0 Å². The molecule has 37 heavy (non-hydrogen) atoms. The molecular weight excluding hydrogens is 499 g/mol. The van der Waals surface area contributed by atoms with Crippen molar-refractivity contribution in [2.24, 2.45) is 0 Å². The Bertz CT molecular complexity index is 1560. The van der Waals surface area contributed by atoms with Gasteiger partial charge >= 0.3 is 6.08 Å². The first-order valence-corrected chi connectivity index (χ1v) is 12.8. The van der Waals surface area contributed by atoms with E-state index in [1.807, 2.05) is 13.0 Å². The molecule has 0 bridgehead atoms. The molecule has 3 aromatic heterocycles. The lowest BCUT2D eigenvalue weighted by Gasteiger charge is -2.18. The SMILES string of the molecule is COc1cccc(OC)c1-n1c(CS(=O)(=O)/C(C)=C(\C)c2cnc(F)nc2)nnc1-c1cncc(C)c1. The Morgan fingerprint density at radius 3 is 2.24 bits per heavy atom. The third-order valence-electron chi connectivity index (χ3n) is 5.86. The highest BCUT2D eigenvalue weighted by atomic mass is 32.2. The van der Waals surface area contributed by atoms with Crippen LogP contribution in [0.5, 0.6) is 11.5 Å². The van der Waals surface area contributed by atoms with Crippen molar-refractivity contribution in [3.8, 4) is 28.6 Å². The molecule has 192 valence electrons. The molecule has 0 fully saturated rings. The Morgan fingerprint density at radius 1 is 1.00 bits per heavy atom. The zero-order valence-corrected chi connectivity index (χ0v) is 21.7. The fourth-order valence-corrected chi connectivity index (χ4v) is 5.11. The van der Waals surface area contributed by atoms with Gasteiger partial charge in [0.25, 0.3) is 0 Å². The van der Waals surface area contributed by atoms with Gasteiger partial charge in [-0.3, -0.25) is 9.55 Å². The first-order valence-electron chi connectivity index (χ1n) is 11.1. The van der Waals surface area contributed by atoms with Crippen LogP contribution in [0.1, 0.15) is 30.8 Å². The number of nitrogens with zero attached hydrogens (tertiary/aromatic N) is 6. The summed E-state index contributed by atoms with van der Waals surface area (Å²) in [5.41, 5.74) is 2.76. The van der Waals surface area contributed by atoms with Gasteiger partial charge in [0.15, 0.2) is 21.5 Å². The van der Waals surface area contributed by atoms with Crippen LogP contribution >= 0.6 is 0 Å². The minimum atomic E-state index is -3.91. The first kappa shape index (κ1) is 25.9. The lowest BCUT2D eigenvalue weighted by Crippen LogP contribution is -2.13. The van der Waals surface area contributed by atoms with E-state index < -0.39 is 21.7 Å². The molecule has 0 saturated heterocycles. The van der Waals surface area contributed by atoms with Crippen LogP contribution in [-0.4, -0.2) is 52.4 Å². The highest BCUT2D eigenvalue weighted by molar-refractivity contribution is 7.94. The van der Waals surface area contributed by atoms with Crippen LogP contribution in [0.3, 0.4) is 0 Å². The normalized spacial score (nSPS) is 12.3. The lowest BCUT2D eigenvalue weighted by atomic mass is 10.1. The molecule has 12 heteroatoms. The Balaban J connectivity index is 1.90. The number of methoxy groups -OCH3 is 2. The van der Waals surface area contributed by atoms with Gasteiger partial charge in [0.05, 0.1) is 14.2 Å². The summed E-state index contributed by atoms with van der Waals surface area (Å²) in [4.78, 5) is 11.4. The molecule has 0 radical (unpaired) electrons. The number of aryl methyl sites for hydroxylation is 1.